The monoisotopic (exact) mass is 340 g/mol. The highest BCUT2D eigenvalue weighted by molar-refractivity contribution is 8.00. The van der Waals surface area contributed by atoms with Crippen LogP contribution in [0.4, 0.5) is 0 Å². The molecule has 0 atom stereocenters. The fraction of sp³-hybridized carbons (Fsp3) is 0.500. The highest BCUT2D eigenvalue weighted by Crippen LogP contribution is 2.31. The molecular weight excluding hydrogens is 327 g/mol. The van der Waals surface area contributed by atoms with Crippen molar-refractivity contribution in [2.75, 3.05) is 11.5 Å². The SMILES string of the molecule is CC(C)(C)OC(=O)CSCC(=O)c1cc(Cl)sc1Cl. The van der Waals surface area contributed by atoms with Crippen LogP contribution in [0.3, 0.4) is 0 Å². The number of thioether (sulfide) groups is 1. The molecule has 3 nitrogen and oxygen atoms in total. The largest absolute Gasteiger partial charge is 0.459 e. The van der Waals surface area contributed by atoms with Gasteiger partial charge in [0.25, 0.3) is 0 Å². The third-order valence-corrected chi connectivity index (χ3v) is 4.22. The van der Waals surface area contributed by atoms with E-state index in [4.69, 9.17) is 27.9 Å². The Morgan fingerprint density at radius 1 is 1.32 bits per heavy atom. The van der Waals surface area contributed by atoms with Crippen molar-refractivity contribution in [2.45, 2.75) is 26.4 Å². The van der Waals surface area contributed by atoms with Crippen LogP contribution in [0.15, 0.2) is 6.07 Å². The summed E-state index contributed by atoms with van der Waals surface area (Å²) < 4.78 is 6.00. The molecule has 0 fully saturated rings. The maximum absolute atomic E-state index is 11.8. The van der Waals surface area contributed by atoms with Crippen LogP contribution in [-0.4, -0.2) is 28.9 Å². The zero-order chi connectivity index (χ0) is 14.6. The summed E-state index contributed by atoms with van der Waals surface area (Å²) in [6.07, 6.45) is 0. The van der Waals surface area contributed by atoms with Gasteiger partial charge < -0.3 is 4.74 Å². The minimum atomic E-state index is -0.508. The number of rotatable bonds is 5. The van der Waals surface area contributed by atoms with E-state index < -0.39 is 5.60 Å². The Labute approximate surface area is 130 Å². The molecule has 0 aromatic carbocycles. The molecule has 106 valence electrons. The van der Waals surface area contributed by atoms with E-state index in [1.807, 2.05) is 0 Å². The first kappa shape index (κ1) is 16.8. The normalized spacial score (nSPS) is 11.4. The molecule has 1 aromatic rings. The van der Waals surface area contributed by atoms with E-state index >= 15 is 0 Å². The molecular formula is C12H14Cl2O3S2. The first-order valence-corrected chi connectivity index (χ1v) is 8.19. The molecule has 0 aliphatic heterocycles. The summed E-state index contributed by atoms with van der Waals surface area (Å²) >= 11 is 14.0. The van der Waals surface area contributed by atoms with Gasteiger partial charge in [0.1, 0.15) is 9.94 Å². The molecule has 1 rings (SSSR count). The van der Waals surface area contributed by atoms with Crippen molar-refractivity contribution in [3.05, 3.63) is 20.3 Å². The summed E-state index contributed by atoms with van der Waals surface area (Å²) in [5, 5.41) is 0. The minimum Gasteiger partial charge on any atom is -0.459 e. The molecule has 0 saturated heterocycles. The summed E-state index contributed by atoms with van der Waals surface area (Å²) in [6.45, 7) is 5.40. The number of hydrogen-bond acceptors (Lipinski definition) is 5. The van der Waals surface area contributed by atoms with E-state index in [0.29, 0.717) is 14.2 Å². The van der Waals surface area contributed by atoms with Crippen LogP contribution in [-0.2, 0) is 9.53 Å². The van der Waals surface area contributed by atoms with Gasteiger partial charge in [-0.3, -0.25) is 9.59 Å². The molecule has 0 aliphatic rings. The Morgan fingerprint density at radius 2 is 1.95 bits per heavy atom. The van der Waals surface area contributed by atoms with Crippen molar-refractivity contribution in [3.8, 4) is 0 Å². The summed E-state index contributed by atoms with van der Waals surface area (Å²) in [7, 11) is 0. The number of Topliss-reactive ketones (excluding diaryl/α,β-unsaturated/α-hetero) is 1. The third kappa shape index (κ3) is 6.17. The highest BCUT2D eigenvalue weighted by Gasteiger charge is 2.18. The molecule has 1 aromatic heterocycles. The van der Waals surface area contributed by atoms with E-state index in [1.54, 1.807) is 26.8 Å². The summed E-state index contributed by atoms with van der Waals surface area (Å²) in [5.74, 6) is -0.161. The standard InChI is InChI=1S/C12H14Cl2O3S2/c1-12(2,3)17-10(16)6-18-5-8(15)7-4-9(13)19-11(7)14/h4H,5-6H2,1-3H3. The Hall–Kier alpha value is -0.230. The predicted molar refractivity (Wildman–Crippen MR) is 81.8 cm³/mol. The van der Waals surface area contributed by atoms with Crippen molar-refractivity contribution >= 4 is 58.1 Å². The number of carbonyl (C=O) groups is 2. The van der Waals surface area contributed by atoms with E-state index in [1.165, 1.54) is 11.8 Å². The maximum atomic E-state index is 11.8. The van der Waals surface area contributed by atoms with Crippen LogP contribution in [0.5, 0.6) is 0 Å². The third-order valence-electron chi connectivity index (χ3n) is 1.83. The zero-order valence-corrected chi connectivity index (χ0v) is 13.9. The van der Waals surface area contributed by atoms with Crippen molar-refractivity contribution in [3.63, 3.8) is 0 Å². The molecule has 0 radical (unpaired) electrons. The van der Waals surface area contributed by atoms with Gasteiger partial charge in [0.05, 0.1) is 15.8 Å². The molecule has 0 aliphatic carbocycles. The van der Waals surface area contributed by atoms with Gasteiger partial charge in [-0.05, 0) is 26.8 Å². The fourth-order valence-corrected chi connectivity index (χ4v) is 3.37. The highest BCUT2D eigenvalue weighted by atomic mass is 35.5. The van der Waals surface area contributed by atoms with Crippen LogP contribution in [0, 0.1) is 0 Å². The van der Waals surface area contributed by atoms with E-state index in [2.05, 4.69) is 0 Å². The molecule has 0 bridgehead atoms. The van der Waals surface area contributed by atoms with Gasteiger partial charge in [0.15, 0.2) is 5.78 Å². The average Bonchev–Trinajstić information content (AvgIpc) is 2.55. The van der Waals surface area contributed by atoms with Gasteiger partial charge in [0.2, 0.25) is 0 Å². The van der Waals surface area contributed by atoms with E-state index in [0.717, 1.165) is 11.3 Å². The number of thiophene rings is 1. The Kier molecular flexibility index (Phi) is 6.17. The lowest BCUT2D eigenvalue weighted by molar-refractivity contribution is -0.151. The minimum absolute atomic E-state index is 0.137. The summed E-state index contributed by atoms with van der Waals surface area (Å²) in [6, 6.07) is 1.55. The first-order chi connectivity index (χ1) is 8.69. The number of hydrogen-bond donors (Lipinski definition) is 0. The van der Waals surface area contributed by atoms with Gasteiger partial charge in [-0.2, -0.15) is 0 Å². The number of halogens is 2. The Morgan fingerprint density at radius 3 is 2.42 bits per heavy atom. The summed E-state index contributed by atoms with van der Waals surface area (Å²) in [4.78, 5) is 23.3. The van der Waals surface area contributed by atoms with Crippen molar-refractivity contribution in [2.24, 2.45) is 0 Å². The lowest BCUT2D eigenvalue weighted by Gasteiger charge is -2.19. The lowest BCUT2D eigenvalue weighted by Crippen LogP contribution is -2.25. The molecule has 0 unspecified atom stereocenters. The Balaban J connectivity index is 2.40. The van der Waals surface area contributed by atoms with Crippen molar-refractivity contribution in [1.82, 2.24) is 0 Å². The van der Waals surface area contributed by atoms with Crippen molar-refractivity contribution in [1.29, 1.82) is 0 Å². The second-order valence-corrected chi connectivity index (χ2v) is 8.01. The first-order valence-electron chi connectivity index (χ1n) is 5.46. The number of ether oxygens (including phenoxy) is 1. The second kappa shape index (κ2) is 6.97. The van der Waals surface area contributed by atoms with Crippen LogP contribution in [0.2, 0.25) is 8.67 Å². The number of carbonyl (C=O) groups excluding carboxylic acids is 2. The number of ketones is 1. The molecule has 19 heavy (non-hydrogen) atoms. The predicted octanol–water partition coefficient (Wildman–Crippen LogP) is 4.31. The molecule has 0 amide bonds. The molecule has 0 saturated carbocycles. The van der Waals surface area contributed by atoms with Gasteiger partial charge >= 0.3 is 5.97 Å². The maximum Gasteiger partial charge on any atom is 0.316 e. The summed E-state index contributed by atoms with van der Waals surface area (Å²) in [5.41, 5.74) is -0.0976. The van der Waals surface area contributed by atoms with Crippen molar-refractivity contribution < 1.29 is 14.3 Å². The molecule has 0 N–H and O–H groups in total. The van der Waals surface area contributed by atoms with Gasteiger partial charge in [-0.1, -0.05) is 23.2 Å². The van der Waals surface area contributed by atoms with Crippen LogP contribution < -0.4 is 0 Å². The topological polar surface area (TPSA) is 43.4 Å². The van der Waals surface area contributed by atoms with Crippen LogP contribution >= 0.6 is 46.3 Å². The lowest BCUT2D eigenvalue weighted by atomic mass is 10.2. The van der Waals surface area contributed by atoms with Gasteiger partial charge in [0, 0.05) is 5.56 Å². The fourth-order valence-electron chi connectivity index (χ4n) is 1.21. The van der Waals surface area contributed by atoms with E-state index in [9.17, 15) is 9.59 Å². The van der Waals surface area contributed by atoms with Crippen LogP contribution in [0.1, 0.15) is 31.1 Å². The smallest absolute Gasteiger partial charge is 0.316 e. The molecule has 7 heteroatoms. The number of esters is 1. The molecule has 1 heterocycles. The van der Waals surface area contributed by atoms with E-state index in [-0.39, 0.29) is 23.3 Å². The average molecular weight is 341 g/mol. The Bertz CT molecular complexity index is 478. The van der Waals surface area contributed by atoms with Crippen LogP contribution in [0.25, 0.3) is 0 Å². The second-order valence-electron chi connectivity index (χ2n) is 4.74. The molecule has 0 spiro atoms. The van der Waals surface area contributed by atoms with Gasteiger partial charge in [-0.15, -0.1) is 23.1 Å². The quantitative estimate of drug-likeness (QED) is 0.591. The zero-order valence-electron chi connectivity index (χ0n) is 10.8. The van der Waals surface area contributed by atoms with Gasteiger partial charge in [-0.25, -0.2) is 0 Å².